The molecule has 0 amide bonds. The molecule has 5 unspecified atom stereocenters. The number of phosphoric acid groups is 2. The lowest BCUT2D eigenvalue weighted by Gasteiger charge is -2.21. The van der Waals surface area contributed by atoms with Crippen molar-refractivity contribution in [2.24, 2.45) is 0 Å². The van der Waals surface area contributed by atoms with Crippen LogP contribution in [0.15, 0.2) is 182 Å². The summed E-state index contributed by atoms with van der Waals surface area (Å²) in [4.78, 5) is 58.9. The number of aliphatic hydroxyl groups is 2. The standard InChI is InChI=1S/C101H170O16P2/c1-4-7-10-13-16-19-22-25-28-31-34-36-38-40-42-44-45-46-47-48-49-51-53-54-56-58-61-63-66-69-72-75-78-81-84-87-99(104)111-90-96(102)91-113-118(107,108)114-92-97(103)93-115-119(109,110)116-95-98(117-101(106)89-86-83-80-77-74-71-68-65-60-33-30-27-24-21-18-15-12-9-6-3)94-112-100(105)88-85-82-79-76-73-70-67-64-62-59-57-55-52-50-43-41-39-37-35-32-29-26-23-20-17-14-11-8-5-2/h8-9,11-12,16-21,25-30,34-37,40-43,60,65,71,74,80,83,96-98,102-103H,4-7,10,13-15,22-24,31-33,38-39,44-59,61-64,66-70,72-73,75-79,81-82,84-95H2,1-3H3,(H,107,108)(H,109,110)/b11-8-,12-9-,19-16-,20-17-,21-18-,28-25-,29-26-,30-27-,36-34-,37-35-,42-40-,43-41-,65-60-,74-71-,83-80-. The van der Waals surface area contributed by atoms with E-state index in [9.17, 15) is 43.5 Å². The number of unbranched alkanes of at least 4 members (excludes halogenated alkanes) is 35. The summed E-state index contributed by atoms with van der Waals surface area (Å²) in [5, 5.41) is 20.7. The molecule has 0 aromatic heterocycles. The van der Waals surface area contributed by atoms with E-state index in [4.69, 9.17) is 32.3 Å². The number of hydrogen-bond donors (Lipinski definition) is 4. The van der Waals surface area contributed by atoms with E-state index in [-0.39, 0.29) is 19.3 Å². The smallest absolute Gasteiger partial charge is 0.463 e. The Balaban J connectivity index is 4.54. The number of allylic oxidation sites excluding steroid dienone is 30. The molecule has 18 heteroatoms. The Morgan fingerprint density at radius 2 is 0.462 bits per heavy atom. The van der Waals surface area contributed by atoms with Crippen LogP contribution < -0.4 is 0 Å². The van der Waals surface area contributed by atoms with Gasteiger partial charge in [-0.1, -0.05) is 396 Å². The molecule has 0 saturated carbocycles. The number of carbonyl (C=O) groups excluding carboxylic acids is 3. The average Bonchev–Trinajstić information content (AvgIpc) is 0.902. The van der Waals surface area contributed by atoms with Gasteiger partial charge in [0.05, 0.1) is 26.4 Å². The first-order valence-corrected chi connectivity index (χ1v) is 50.1. The molecule has 0 aliphatic rings. The van der Waals surface area contributed by atoms with E-state index >= 15 is 0 Å². The zero-order chi connectivity index (χ0) is 86.5. The molecule has 680 valence electrons. The van der Waals surface area contributed by atoms with Gasteiger partial charge in [0.25, 0.3) is 0 Å². The fourth-order valence-corrected chi connectivity index (χ4v) is 14.1. The molecule has 16 nitrogen and oxygen atoms in total. The van der Waals surface area contributed by atoms with Gasteiger partial charge < -0.3 is 34.2 Å². The minimum Gasteiger partial charge on any atom is -0.463 e. The minimum absolute atomic E-state index is 0.0255. The van der Waals surface area contributed by atoms with Crippen LogP contribution in [-0.2, 0) is 55.8 Å². The minimum atomic E-state index is -4.96. The van der Waals surface area contributed by atoms with Crippen LogP contribution in [0.4, 0.5) is 0 Å². The van der Waals surface area contributed by atoms with Crippen molar-refractivity contribution < 1.29 is 75.8 Å². The lowest BCUT2D eigenvalue weighted by molar-refractivity contribution is -0.161. The van der Waals surface area contributed by atoms with Crippen LogP contribution in [0.25, 0.3) is 0 Å². The summed E-state index contributed by atoms with van der Waals surface area (Å²) >= 11 is 0. The lowest BCUT2D eigenvalue weighted by Crippen LogP contribution is -2.29. The first-order chi connectivity index (χ1) is 58.2. The van der Waals surface area contributed by atoms with Crippen molar-refractivity contribution in [1.82, 2.24) is 0 Å². The second-order valence-electron chi connectivity index (χ2n) is 31.0. The highest BCUT2D eigenvalue weighted by molar-refractivity contribution is 7.47. The Hall–Kier alpha value is -5.35. The number of carbonyl (C=O) groups is 3. The number of aliphatic hydroxyl groups excluding tert-OH is 2. The Labute approximate surface area is 725 Å². The molecule has 0 bridgehead atoms. The Morgan fingerprint density at radius 1 is 0.244 bits per heavy atom. The predicted octanol–water partition coefficient (Wildman–Crippen LogP) is 29.2. The number of ether oxygens (including phenoxy) is 3. The molecule has 0 aliphatic carbocycles. The van der Waals surface area contributed by atoms with Gasteiger partial charge in [-0.2, -0.15) is 0 Å². The first kappa shape index (κ1) is 114. The van der Waals surface area contributed by atoms with Gasteiger partial charge in [-0.05, 0) is 148 Å². The molecule has 0 radical (unpaired) electrons. The van der Waals surface area contributed by atoms with Crippen LogP contribution >= 0.6 is 15.6 Å². The summed E-state index contributed by atoms with van der Waals surface area (Å²) in [6, 6.07) is 0. The first-order valence-electron chi connectivity index (χ1n) is 47.1. The summed E-state index contributed by atoms with van der Waals surface area (Å²) in [6.07, 6.45) is 121. The van der Waals surface area contributed by atoms with E-state index in [0.29, 0.717) is 25.7 Å². The molecule has 0 rings (SSSR count). The molecule has 0 heterocycles. The third kappa shape index (κ3) is 93.2. The van der Waals surface area contributed by atoms with Crippen molar-refractivity contribution in [1.29, 1.82) is 0 Å². The molecule has 0 aromatic carbocycles. The van der Waals surface area contributed by atoms with Crippen molar-refractivity contribution in [3.05, 3.63) is 182 Å². The van der Waals surface area contributed by atoms with E-state index in [1.165, 1.54) is 180 Å². The summed E-state index contributed by atoms with van der Waals surface area (Å²) in [5.41, 5.74) is 0. The Morgan fingerprint density at radius 3 is 0.739 bits per heavy atom. The van der Waals surface area contributed by atoms with E-state index in [1.54, 1.807) is 0 Å². The van der Waals surface area contributed by atoms with Gasteiger partial charge in [-0.15, -0.1) is 0 Å². The topological polar surface area (TPSA) is 231 Å². The second kappa shape index (κ2) is 91.8. The highest BCUT2D eigenvalue weighted by Gasteiger charge is 2.29. The van der Waals surface area contributed by atoms with Crippen molar-refractivity contribution >= 4 is 33.6 Å². The second-order valence-corrected chi connectivity index (χ2v) is 34.0. The normalized spacial score (nSPS) is 14.6. The number of rotatable bonds is 88. The van der Waals surface area contributed by atoms with Crippen LogP contribution in [0, 0.1) is 0 Å². The molecule has 4 N–H and O–H groups in total. The summed E-state index contributed by atoms with van der Waals surface area (Å²) < 4.78 is 61.4. The van der Waals surface area contributed by atoms with E-state index < -0.39 is 91.5 Å². The molecular weight excluding hydrogens is 1530 g/mol. The van der Waals surface area contributed by atoms with E-state index in [2.05, 4.69) is 185 Å². The molecule has 5 atom stereocenters. The SMILES string of the molecule is CC/C=C\C/C=C\C/C=C\C/C=C\C/C=C\C/C=C\CCC(=O)OC(COC(=O)CCCCCCCCCCCCCCC/C=C\C/C=C\C/C=C\C/C=C\C/C=C\CC)COP(=O)(O)OCC(O)COP(=O)(O)OCC(O)COC(=O)CCCCCCCCCCCCCCCCCCCCC/C=C\C/C=C\C/C=C\C/C=C\CCCCC. The molecule has 0 spiro atoms. The van der Waals surface area contributed by atoms with E-state index in [0.717, 1.165) is 135 Å². The third-order valence-corrected chi connectivity index (χ3v) is 21.5. The third-order valence-electron chi connectivity index (χ3n) is 19.6. The molecule has 119 heavy (non-hydrogen) atoms. The number of esters is 3. The maximum Gasteiger partial charge on any atom is 0.472 e. The summed E-state index contributed by atoms with van der Waals surface area (Å²) in [5.74, 6) is -1.67. The van der Waals surface area contributed by atoms with Gasteiger partial charge >= 0.3 is 33.6 Å². The molecule has 0 aromatic rings. The monoisotopic (exact) mass is 1700 g/mol. The Bertz CT molecular complexity index is 2890. The highest BCUT2D eigenvalue weighted by atomic mass is 31.2. The van der Waals surface area contributed by atoms with Crippen molar-refractivity contribution in [2.45, 2.75) is 399 Å². The zero-order valence-electron chi connectivity index (χ0n) is 75.0. The van der Waals surface area contributed by atoms with Gasteiger partial charge in [-0.25, -0.2) is 9.13 Å². The molecule has 0 fully saturated rings. The van der Waals surface area contributed by atoms with Crippen molar-refractivity contribution in [2.75, 3.05) is 39.6 Å². The van der Waals surface area contributed by atoms with Crippen molar-refractivity contribution in [3.8, 4) is 0 Å². The largest absolute Gasteiger partial charge is 0.472 e. The quantitative estimate of drug-likeness (QED) is 0.0146. The van der Waals surface area contributed by atoms with Crippen LogP contribution in [0.2, 0.25) is 0 Å². The average molecular weight is 1700 g/mol. The van der Waals surface area contributed by atoms with Crippen LogP contribution in [-0.4, -0.2) is 95.9 Å². The molecular formula is C101H170O16P2. The maximum absolute atomic E-state index is 13.0. The molecule has 0 aliphatic heterocycles. The van der Waals surface area contributed by atoms with Crippen LogP contribution in [0.5, 0.6) is 0 Å². The number of hydrogen-bond acceptors (Lipinski definition) is 14. The Kier molecular flexibility index (Phi) is 87.7. The lowest BCUT2D eigenvalue weighted by atomic mass is 10.0. The van der Waals surface area contributed by atoms with E-state index in [1.807, 2.05) is 18.2 Å². The van der Waals surface area contributed by atoms with Gasteiger partial charge in [-0.3, -0.25) is 32.5 Å². The van der Waals surface area contributed by atoms with Gasteiger partial charge in [0.15, 0.2) is 6.10 Å². The van der Waals surface area contributed by atoms with Crippen LogP contribution in [0.3, 0.4) is 0 Å². The number of phosphoric ester groups is 2. The van der Waals surface area contributed by atoms with Gasteiger partial charge in [0.2, 0.25) is 0 Å². The fraction of sp³-hybridized carbons (Fsp3) is 0.673. The van der Waals surface area contributed by atoms with Crippen LogP contribution in [0.1, 0.15) is 380 Å². The van der Waals surface area contributed by atoms with Gasteiger partial charge in [0.1, 0.15) is 25.4 Å². The molecule has 0 saturated heterocycles. The summed E-state index contributed by atoms with van der Waals surface area (Å²) in [6.45, 7) is 2.37. The zero-order valence-corrected chi connectivity index (χ0v) is 76.8. The summed E-state index contributed by atoms with van der Waals surface area (Å²) in [7, 11) is -9.84. The highest BCUT2D eigenvalue weighted by Crippen LogP contribution is 2.45. The van der Waals surface area contributed by atoms with Crippen molar-refractivity contribution in [3.63, 3.8) is 0 Å². The maximum atomic E-state index is 13.0. The predicted molar refractivity (Wildman–Crippen MR) is 500 cm³/mol. The van der Waals surface area contributed by atoms with Gasteiger partial charge in [0, 0.05) is 19.3 Å². The fourth-order valence-electron chi connectivity index (χ4n) is 12.6.